The molecule has 1 heterocycles. The van der Waals surface area contributed by atoms with Crippen LogP contribution in [-0.2, 0) is 16.4 Å². The number of sulfonamides is 1. The van der Waals surface area contributed by atoms with Gasteiger partial charge in [0.25, 0.3) is 10.0 Å². The molecular formula is C14H16N2O2S2. The van der Waals surface area contributed by atoms with Gasteiger partial charge in [-0.3, -0.25) is 0 Å². The molecule has 1 aliphatic rings. The van der Waals surface area contributed by atoms with Gasteiger partial charge in [-0.25, -0.2) is 8.42 Å². The number of hydrogen-bond donors (Lipinski definition) is 1. The number of thiophene rings is 1. The number of nitrogens with zero attached hydrogens (tertiary/aromatic N) is 1. The molecule has 1 aliphatic carbocycles. The smallest absolute Gasteiger partial charge is 0.252 e. The van der Waals surface area contributed by atoms with E-state index in [1.54, 1.807) is 12.4 Å². The van der Waals surface area contributed by atoms with Gasteiger partial charge in [0, 0.05) is 18.1 Å². The van der Waals surface area contributed by atoms with E-state index in [-0.39, 0.29) is 6.04 Å². The van der Waals surface area contributed by atoms with Crippen LogP contribution in [-0.4, -0.2) is 19.8 Å². The minimum atomic E-state index is -3.47. The molecule has 0 saturated heterocycles. The van der Waals surface area contributed by atoms with Crippen molar-refractivity contribution in [3.8, 4) is 0 Å². The SMILES string of the molecule is CN(C1CCc2ccccc21)S(=O)(=O)c1cc(N)cs1. The van der Waals surface area contributed by atoms with Crippen molar-refractivity contribution in [3.63, 3.8) is 0 Å². The Balaban J connectivity index is 1.96. The molecule has 0 saturated carbocycles. The quantitative estimate of drug-likeness (QED) is 0.948. The van der Waals surface area contributed by atoms with Crippen LogP contribution in [0.5, 0.6) is 0 Å². The van der Waals surface area contributed by atoms with Gasteiger partial charge >= 0.3 is 0 Å². The summed E-state index contributed by atoms with van der Waals surface area (Å²) in [5.41, 5.74) is 8.48. The van der Waals surface area contributed by atoms with Gasteiger partial charge in [0.1, 0.15) is 4.21 Å². The van der Waals surface area contributed by atoms with Crippen LogP contribution in [0.15, 0.2) is 39.9 Å². The summed E-state index contributed by atoms with van der Waals surface area (Å²) in [6.45, 7) is 0. The Morgan fingerprint density at radius 2 is 2.10 bits per heavy atom. The van der Waals surface area contributed by atoms with E-state index in [1.165, 1.54) is 27.3 Å². The third-order valence-corrected chi connectivity index (χ3v) is 7.07. The molecule has 0 spiro atoms. The zero-order valence-corrected chi connectivity index (χ0v) is 12.7. The van der Waals surface area contributed by atoms with E-state index in [0.717, 1.165) is 18.4 Å². The fraction of sp³-hybridized carbons (Fsp3) is 0.286. The van der Waals surface area contributed by atoms with Gasteiger partial charge < -0.3 is 5.73 Å². The van der Waals surface area contributed by atoms with Gasteiger partial charge in [-0.15, -0.1) is 11.3 Å². The molecule has 3 rings (SSSR count). The maximum Gasteiger partial charge on any atom is 0.252 e. The maximum atomic E-state index is 12.6. The molecule has 0 amide bonds. The number of benzene rings is 1. The van der Waals surface area contributed by atoms with E-state index in [1.807, 2.05) is 18.2 Å². The first-order valence-electron chi connectivity index (χ1n) is 6.40. The summed E-state index contributed by atoms with van der Waals surface area (Å²) in [4.78, 5) is 0. The topological polar surface area (TPSA) is 63.4 Å². The lowest BCUT2D eigenvalue weighted by atomic mass is 10.1. The van der Waals surface area contributed by atoms with Crippen LogP contribution in [0, 0.1) is 0 Å². The maximum absolute atomic E-state index is 12.6. The predicted molar refractivity (Wildman–Crippen MR) is 81.2 cm³/mol. The molecule has 4 nitrogen and oxygen atoms in total. The summed E-state index contributed by atoms with van der Waals surface area (Å²) >= 11 is 1.17. The Labute approximate surface area is 122 Å². The summed E-state index contributed by atoms with van der Waals surface area (Å²) in [7, 11) is -1.82. The lowest BCUT2D eigenvalue weighted by Crippen LogP contribution is -2.29. The average molecular weight is 308 g/mol. The highest BCUT2D eigenvalue weighted by Crippen LogP contribution is 2.38. The molecule has 2 aromatic rings. The van der Waals surface area contributed by atoms with Crippen molar-refractivity contribution in [3.05, 3.63) is 46.8 Å². The van der Waals surface area contributed by atoms with Crippen molar-refractivity contribution >= 4 is 27.0 Å². The fourth-order valence-electron chi connectivity index (χ4n) is 2.69. The number of anilines is 1. The largest absolute Gasteiger partial charge is 0.398 e. The van der Waals surface area contributed by atoms with Crippen LogP contribution >= 0.6 is 11.3 Å². The number of nitrogen functional groups attached to an aromatic ring is 1. The molecule has 1 aromatic carbocycles. The Morgan fingerprint density at radius 3 is 2.80 bits per heavy atom. The number of hydrogen-bond acceptors (Lipinski definition) is 4. The van der Waals surface area contributed by atoms with Gasteiger partial charge in [0.05, 0.1) is 6.04 Å². The summed E-state index contributed by atoms with van der Waals surface area (Å²) in [5, 5.41) is 1.66. The summed E-state index contributed by atoms with van der Waals surface area (Å²) in [5.74, 6) is 0. The van der Waals surface area contributed by atoms with Gasteiger partial charge in [-0.1, -0.05) is 24.3 Å². The Bertz CT molecular complexity index is 737. The lowest BCUT2D eigenvalue weighted by molar-refractivity contribution is 0.375. The van der Waals surface area contributed by atoms with E-state index in [0.29, 0.717) is 9.90 Å². The van der Waals surface area contributed by atoms with E-state index < -0.39 is 10.0 Å². The molecule has 0 radical (unpaired) electrons. The van der Waals surface area contributed by atoms with Crippen molar-refractivity contribution in [1.82, 2.24) is 4.31 Å². The molecule has 1 atom stereocenters. The molecule has 106 valence electrons. The molecule has 1 unspecified atom stereocenters. The third-order valence-electron chi connectivity index (χ3n) is 3.77. The highest BCUT2D eigenvalue weighted by molar-refractivity contribution is 7.91. The summed E-state index contributed by atoms with van der Waals surface area (Å²) in [6, 6.07) is 9.48. The van der Waals surface area contributed by atoms with Crippen molar-refractivity contribution in [2.75, 3.05) is 12.8 Å². The van der Waals surface area contributed by atoms with E-state index in [9.17, 15) is 8.42 Å². The Hall–Kier alpha value is -1.37. The number of fused-ring (bicyclic) bond motifs is 1. The minimum absolute atomic E-state index is 0.0838. The standard InChI is InChI=1S/C14H16N2O2S2/c1-16(20(17,18)14-8-11(15)9-19-14)13-7-6-10-4-2-3-5-12(10)13/h2-5,8-9,13H,6-7,15H2,1H3. The zero-order chi connectivity index (χ0) is 14.3. The summed E-state index contributed by atoms with van der Waals surface area (Å²) in [6.07, 6.45) is 1.75. The average Bonchev–Trinajstić information content (AvgIpc) is 3.04. The van der Waals surface area contributed by atoms with E-state index >= 15 is 0 Å². The normalized spacial score (nSPS) is 18.4. The van der Waals surface area contributed by atoms with Gasteiger partial charge in [-0.2, -0.15) is 4.31 Å². The molecule has 2 N–H and O–H groups in total. The number of aryl methyl sites for hydroxylation is 1. The molecule has 20 heavy (non-hydrogen) atoms. The Kier molecular flexibility index (Phi) is 3.32. The molecule has 1 aromatic heterocycles. The van der Waals surface area contributed by atoms with E-state index in [4.69, 9.17) is 5.73 Å². The second kappa shape index (κ2) is 4.87. The van der Waals surface area contributed by atoms with Crippen molar-refractivity contribution < 1.29 is 8.42 Å². The van der Waals surface area contributed by atoms with Crippen molar-refractivity contribution in [2.45, 2.75) is 23.1 Å². The number of nitrogens with two attached hydrogens (primary N) is 1. The number of rotatable bonds is 3. The van der Waals surface area contributed by atoms with Crippen LogP contribution < -0.4 is 5.73 Å². The predicted octanol–water partition coefficient (Wildman–Crippen LogP) is 2.64. The minimum Gasteiger partial charge on any atom is -0.398 e. The highest BCUT2D eigenvalue weighted by Gasteiger charge is 2.33. The van der Waals surface area contributed by atoms with Crippen LogP contribution in [0.4, 0.5) is 5.69 Å². The first kappa shape index (κ1) is 13.6. The van der Waals surface area contributed by atoms with Crippen molar-refractivity contribution in [2.24, 2.45) is 0 Å². The molecule has 0 bridgehead atoms. The molecule has 0 fully saturated rings. The third kappa shape index (κ3) is 2.13. The molecule has 6 heteroatoms. The highest BCUT2D eigenvalue weighted by atomic mass is 32.2. The molecular weight excluding hydrogens is 292 g/mol. The second-order valence-electron chi connectivity index (χ2n) is 4.97. The van der Waals surface area contributed by atoms with E-state index in [2.05, 4.69) is 6.07 Å². The van der Waals surface area contributed by atoms with Gasteiger partial charge in [-0.05, 0) is 30.0 Å². The fourth-order valence-corrected chi connectivity index (χ4v) is 5.32. The Morgan fingerprint density at radius 1 is 1.35 bits per heavy atom. The van der Waals surface area contributed by atoms with Crippen LogP contribution in [0.25, 0.3) is 0 Å². The van der Waals surface area contributed by atoms with Gasteiger partial charge in [0.15, 0.2) is 0 Å². The van der Waals surface area contributed by atoms with Crippen LogP contribution in [0.1, 0.15) is 23.6 Å². The van der Waals surface area contributed by atoms with Crippen LogP contribution in [0.2, 0.25) is 0 Å². The first-order valence-corrected chi connectivity index (χ1v) is 8.72. The monoisotopic (exact) mass is 308 g/mol. The zero-order valence-electron chi connectivity index (χ0n) is 11.1. The first-order chi connectivity index (χ1) is 9.50. The lowest BCUT2D eigenvalue weighted by Gasteiger charge is -2.24. The van der Waals surface area contributed by atoms with Crippen molar-refractivity contribution in [1.29, 1.82) is 0 Å². The van der Waals surface area contributed by atoms with Gasteiger partial charge in [0.2, 0.25) is 0 Å². The van der Waals surface area contributed by atoms with Crippen LogP contribution in [0.3, 0.4) is 0 Å². The molecule has 0 aliphatic heterocycles. The summed E-state index contributed by atoms with van der Waals surface area (Å²) < 4.78 is 27.0. The second-order valence-corrected chi connectivity index (χ2v) is 8.11.